The Hall–Kier alpha value is -1.84. The van der Waals surface area contributed by atoms with Gasteiger partial charge in [-0.05, 0) is 30.9 Å². The minimum absolute atomic E-state index is 0.263. The Morgan fingerprint density at radius 3 is 2.50 bits per heavy atom. The average molecular weight is 219 g/mol. The lowest BCUT2D eigenvalue weighted by Crippen LogP contribution is -2.14. The van der Waals surface area contributed by atoms with Crippen molar-refractivity contribution in [3.05, 3.63) is 41.8 Å². The molecule has 0 saturated heterocycles. The molecule has 4 N–H and O–H groups in total. The molecule has 1 aromatic rings. The number of hydrogen-bond acceptors (Lipinski definition) is 2. The zero-order chi connectivity index (χ0) is 12.0. The van der Waals surface area contributed by atoms with Gasteiger partial charge in [-0.25, -0.2) is 0 Å². The summed E-state index contributed by atoms with van der Waals surface area (Å²) in [5.74, 6) is -0.770. The van der Waals surface area contributed by atoms with E-state index in [9.17, 15) is 9.59 Å². The maximum atomic E-state index is 11.1. The van der Waals surface area contributed by atoms with Gasteiger partial charge in [0.2, 0.25) is 11.8 Å². The topological polar surface area (TPSA) is 86.2 Å². The molecule has 1 radical (unpaired) electrons. The predicted molar refractivity (Wildman–Crippen MR) is 61.4 cm³/mol. The molecule has 0 fully saturated rings. The highest BCUT2D eigenvalue weighted by molar-refractivity contribution is 5.94. The summed E-state index contributed by atoms with van der Waals surface area (Å²) >= 11 is 0. The maximum absolute atomic E-state index is 11.1. The molecule has 0 aliphatic carbocycles. The highest BCUT2D eigenvalue weighted by Crippen LogP contribution is 2.11. The van der Waals surface area contributed by atoms with E-state index in [4.69, 9.17) is 11.5 Å². The Morgan fingerprint density at radius 1 is 1.19 bits per heavy atom. The number of benzene rings is 1. The van der Waals surface area contributed by atoms with E-state index in [2.05, 4.69) is 0 Å². The van der Waals surface area contributed by atoms with Crippen LogP contribution in [0.1, 0.15) is 28.8 Å². The van der Waals surface area contributed by atoms with E-state index in [1.54, 1.807) is 18.6 Å². The fourth-order valence-electron chi connectivity index (χ4n) is 1.48. The van der Waals surface area contributed by atoms with Gasteiger partial charge in [0.05, 0.1) is 0 Å². The fraction of sp³-hybridized carbons (Fsp3) is 0.250. The summed E-state index contributed by atoms with van der Waals surface area (Å²) in [4.78, 5) is 21.6. The number of rotatable bonds is 6. The summed E-state index contributed by atoms with van der Waals surface area (Å²) in [5, 5.41) is 0. The Labute approximate surface area is 94.6 Å². The van der Waals surface area contributed by atoms with Crippen molar-refractivity contribution in [3.8, 4) is 0 Å². The molecule has 4 heteroatoms. The first-order valence-corrected chi connectivity index (χ1v) is 5.09. The number of carbonyl (C=O) groups excluding carboxylic acids is 2. The van der Waals surface area contributed by atoms with Crippen molar-refractivity contribution in [1.29, 1.82) is 0 Å². The molecule has 85 valence electrons. The summed E-state index contributed by atoms with van der Waals surface area (Å²) < 4.78 is 0. The normalized spacial score (nSPS) is 10.0. The number of aryl methyl sites for hydroxylation is 1. The lowest BCUT2D eigenvalue weighted by molar-refractivity contribution is -0.117. The highest BCUT2D eigenvalue weighted by Gasteiger charge is 2.06. The summed E-state index contributed by atoms with van der Waals surface area (Å²) in [5.41, 5.74) is 11.7. The number of unbranched alkanes of at least 4 members (excludes halogenated alkanes) is 1. The molecular formula is C12H15N2O2. The number of carbonyl (C=O) groups is 2. The Bertz CT molecular complexity index is 388. The molecule has 2 amide bonds. The average Bonchev–Trinajstić information content (AvgIpc) is 2.24. The quantitative estimate of drug-likeness (QED) is 0.693. The third kappa shape index (κ3) is 3.73. The largest absolute Gasteiger partial charge is 0.370 e. The molecule has 0 aliphatic rings. The van der Waals surface area contributed by atoms with Crippen molar-refractivity contribution in [3.63, 3.8) is 0 Å². The molecule has 0 aliphatic heterocycles. The number of hydrogen-bond donors (Lipinski definition) is 2. The van der Waals surface area contributed by atoms with Gasteiger partial charge in [0.1, 0.15) is 0 Å². The van der Waals surface area contributed by atoms with Crippen molar-refractivity contribution >= 4 is 11.8 Å². The highest BCUT2D eigenvalue weighted by atomic mass is 16.1. The maximum Gasteiger partial charge on any atom is 0.248 e. The number of amides is 2. The Kier molecular flexibility index (Phi) is 4.51. The zero-order valence-corrected chi connectivity index (χ0v) is 8.98. The number of nitrogens with two attached hydrogens (primary N) is 2. The van der Waals surface area contributed by atoms with Gasteiger partial charge in [-0.15, -0.1) is 0 Å². The smallest absolute Gasteiger partial charge is 0.248 e. The van der Waals surface area contributed by atoms with Gasteiger partial charge >= 0.3 is 0 Å². The minimum atomic E-state index is -0.425. The van der Waals surface area contributed by atoms with Crippen molar-refractivity contribution in [2.45, 2.75) is 19.3 Å². The van der Waals surface area contributed by atoms with Crippen molar-refractivity contribution in [1.82, 2.24) is 0 Å². The van der Waals surface area contributed by atoms with Gasteiger partial charge in [-0.1, -0.05) is 18.2 Å². The molecule has 0 saturated carbocycles. The molecule has 1 rings (SSSR count). The summed E-state index contributed by atoms with van der Waals surface area (Å²) in [6.45, 7) is 0. The van der Waals surface area contributed by atoms with Crippen LogP contribution in [0.3, 0.4) is 0 Å². The predicted octanol–water partition coefficient (Wildman–Crippen LogP) is 0.798. The monoisotopic (exact) mass is 219 g/mol. The van der Waals surface area contributed by atoms with Gasteiger partial charge in [0.25, 0.3) is 0 Å². The fourth-order valence-corrected chi connectivity index (χ4v) is 1.48. The van der Waals surface area contributed by atoms with E-state index in [-0.39, 0.29) is 12.3 Å². The SMILES string of the molecule is NC(=O)C[CH]CCc1ccccc1C(N)=O. The van der Waals surface area contributed by atoms with Crippen LogP contribution in [0.4, 0.5) is 0 Å². The van der Waals surface area contributed by atoms with Gasteiger partial charge < -0.3 is 11.5 Å². The van der Waals surface area contributed by atoms with Crippen LogP contribution in [0, 0.1) is 6.42 Å². The van der Waals surface area contributed by atoms with E-state index in [0.29, 0.717) is 18.4 Å². The molecule has 0 bridgehead atoms. The van der Waals surface area contributed by atoms with E-state index < -0.39 is 5.91 Å². The van der Waals surface area contributed by atoms with Crippen molar-refractivity contribution < 1.29 is 9.59 Å². The van der Waals surface area contributed by atoms with Crippen LogP contribution in [0.25, 0.3) is 0 Å². The Morgan fingerprint density at radius 2 is 1.88 bits per heavy atom. The van der Waals surface area contributed by atoms with Crippen LogP contribution in [0.15, 0.2) is 24.3 Å². The van der Waals surface area contributed by atoms with Crippen LogP contribution < -0.4 is 11.5 Å². The van der Waals surface area contributed by atoms with Crippen molar-refractivity contribution in [2.75, 3.05) is 0 Å². The molecule has 0 spiro atoms. The van der Waals surface area contributed by atoms with Gasteiger partial charge in [-0.2, -0.15) is 0 Å². The lowest BCUT2D eigenvalue weighted by Gasteiger charge is -2.05. The minimum Gasteiger partial charge on any atom is -0.370 e. The first-order valence-electron chi connectivity index (χ1n) is 5.09. The van der Waals surface area contributed by atoms with Gasteiger partial charge in [0.15, 0.2) is 0 Å². The number of primary amides is 2. The molecule has 16 heavy (non-hydrogen) atoms. The third-order valence-electron chi connectivity index (χ3n) is 2.25. The zero-order valence-electron chi connectivity index (χ0n) is 8.98. The van der Waals surface area contributed by atoms with Crippen LogP contribution >= 0.6 is 0 Å². The van der Waals surface area contributed by atoms with Crippen LogP contribution in [0.5, 0.6) is 0 Å². The molecular weight excluding hydrogens is 204 g/mol. The Balaban J connectivity index is 2.53. The third-order valence-corrected chi connectivity index (χ3v) is 2.25. The van der Waals surface area contributed by atoms with Crippen LogP contribution in [-0.4, -0.2) is 11.8 Å². The summed E-state index contributed by atoms with van der Waals surface area (Å²) in [6, 6.07) is 7.19. The van der Waals surface area contributed by atoms with E-state index in [0.717, 1.165) is 5.56 Å². The van der Waals surface area contributed by atoms with Crippen LogP contribution in [-0.2, 0) is 11.2 Å². The summed E-state index contributed by atoms with van der Waals surface area (Å²) in [6.07, 6.45) is 3.46. The second-order valence-corrected chi connectivity index (χ2v) is 3.52. The van der Waals surface area contributed by atoms with Crippen LogP contribution in [0.2, 0.25) is 0 Å². The second-order valence-electron chi connectivity index (χ2n) is 3.52. The van der Waals surface area contributed by atoms with Crippen molar-refractivity contribution in [2.24, 2.45) is 11.5 Å². The van der Waals surface area contributed by atoms with Gasteiger partial charge in [0, 0.05) is 12.0 Å². The molecule has 1 aromatic carbocycles. The lowest BCUT2D eigenvalue weighted by atomic mass is 10.0. The summed E-state index contributed by atoms with van der Waals surface area (Å²) in [7, 11) is 0. The van der Waals surface area contributed by atoms with E-state index in [1.165, 1.54) is 0 Å². The molecule has 0 unspecified atom stereocenters. The second kappa shape index (κ2) is 5.90. The van der Waals surface area contributed by atoms with Gasteiger partial charge in [-0.3, -0.25) is 9.59 Å². The van der Waals surface area contributed by atoms with E-state index in [1.807, 2.05) is 12.1 Å². The first-order chi connectivity index (χ1) is 7.61. The standard InChI is InChI=1S/C12H15N2O2/c13-11(15)8-4-2-6-9-5-1-3-7-10(9)12(14)16/h1,3-5,7H,2,6,8H2,(H2,13,15)(H2,14,16). The molecule has 0 atom stereocenters. The molecule has 0 heterocycles. The molecule has 0 aromatic heterocycles. The van der Waals surface area contributed by atoms with E-state index >= 15 is 0 Å². The first kappa shape index (κ1) is 12.2. The molecule has 4 nitrogen and oxygen atoms in total.